The summed E-state index contributed by atoms with van der Waals surface area (Å²) in [6.45, 7) is 1.07. The van der Waals surface area contributed by atoms with Crippen LogP contribution in [0.25, 0.3) is 11.1 Å². The molecular weight excluding hydrogens is 609 g/mol. The second-order valence-corrected chi connectivity index (χ2v) is 9.82. The van der Waals surface area contributed by atoms with E-state index in [0.717, 1.165) is 18.2 Å². The maximum atomic E-state index is 14.3. The van der Waals surface area contributed by atoms with Crippen LogP contribution >= 0.6 is 11.6 Å². The number of amides is 1. The van der Waals surface area contributed by atoms with Crippen LogP contribution in [0.2, 0.25) is 5.02 Å². The van der Waals surface area contributed by atoms with Gasteiger partial charge in [-0.05, 0) is 79.3 Å². The molecule has 0 aliphatic heterocycles. The van der Waals surface area contributed by atoms with Crippen molar-refractivity contribution in [2.24, 2.45) is 0 Å². The molecule has 0 radical (unpaired) electrons. The van der Waals surface area contributed by atoms with E-state index >= 15 is 0 Å². The summed E-state index contributed by atoms with van der Waals surface area (Å²) in [4.78, 5) is 28.0. The van der Waals surface area contributed by atoms with Gasteiger partial charge in [0, 0.05) is 28.0 Å². The van der Waals surface area contributed by atoms with E-state index in [2.05, 4.69) is 4.98 Å². The summed E-state index contributed by atoms with van der Waals surface area (Å²) in [6.07, 6.45) is -8.52. The van der Waals surface area contributed by atoms with Crippen molar-refractivity contribution in [2.45, 2.75) is 45.1 Å². The lowest BCUT2D eigenvalue weighted by molar-refractivity contribution is -0.167. The minimum Gasteiger partial charge on any atom is -0.472 e. The Bertz CT molecular complexity index is 1590. The van der Waals surface area contributed by atoms with E-state index in [-0.39, 0.29) is 58.3 Å². The van der Waals surface area contributed by atoms with Gasteiger partial charge in [-0.2, -0.15) is 26.3 Å². The Kier molecular flexibility index (Phi) is 9.33. The average Bonchev–Trinajstić information content (AvgIpc) is 3.41. The molecular formula is C29H22ClF7N2O4. The zero-order chi connectivity index (χ0) is 31.5. The summed E-state index contributed by atoms with van der Waals surface area (Å²) in [5, 5.41) is 1.83. The van der Waals surface area contributed by atoms with Crippen LogP contribution in [0, 0.1) is 5.82 Å². The number of benzene rings is 2. The minimum absolute atomic E-state index is 0.0495. The fraction of sp³-hybridized carbons (Fsp3) is 0.276. The SMILES string of the molecule is CCOC(=O)c1cc(NC(=O)C(F)(F)F)cc(C2=C(c3cc(C(F)(F)F)cnc3OCc3ccc(Cl)cc3F)CCC2)c1. The number of aromatic nitrogens is 1. The fourth-order valence-electron chi connectivity index (χ4n) is 4.49. The highest BCUT2D eigenvalue weighted by Gasteiger charge is 2.39. The maximum absolute atomic E-state index is 14.3. The molecule has 14 heteroatoms. The topological polar surface area (TPSA) is 77.5 Å². The van der Waals surface area contributed by atoms with Gasteiger partial charge in [0.15, 0.2) is 0 Å². The number of esters is 1. The van der Waals surface area contributed by atoms with Gasteiger partial charge in [-0.25, -0.2) is 14.2 Å². The van der Waals surface area contributed by atoms with Crippen molar-refractivity contribution in [3.05, 3.63) is 87.3 Å². The fourth-order valence-corrected chi connectivity index (χ4v) is 4.65. The molecule has 1 aromatic heterocycles. The van der Waals surface area contributed by atoms with Crippen molar-refractivity contribution >= 4 is 40.3 Å². The van der Waals surface area contributed by atoms with Crippen molar-refractivity contribution in [3.8, 4) is 5.88 Å². The molecule has 0 bridgehead atoms. The highest BCUT2D eigenvalue weighted by molar-refractivity contribution is 6.30. The number of alkyl halides is 6. The van der Waals surface area contributed by atoms with Gasteiger partial charge in [-0.3, -0.25) is 4.79 Å². The first-order valence-corrected chi connectivity index (χ1v) is 13.1. The zero-order valence-corrected chi connectivity index (χ0v) is 23.0. The van der Waals surface area contributed by atoms with Crippen molar-refractivity contribution in [1.82, 2.24) is 4.98 Å². The quantitative estimate of drug-likeness (QED) is 0.200. The average molecular weight is 631 g/mol. The van der Waals surface area contributed by atoms with E-state index in [9.17, 15) is 40.3 Å². The maximum Gasteiger partial charge on any atom is 0.471 e. The Morgan fingerprint density at radius 2 is 1.72 bits per heavy atom. The Balaban J connectivity index is 1.83. The second-order valence-electron chi connectivity index (χ2n) is 9.38. The number of hydrogen-bond donors (Lipinski definition) is 1. The predicted octanol–water partition coefficient (Wildman–Crippen LogP) is 8.24. The van der Waals surface area contributed by atoms with Gasteiger partial charge in [-0.15, -0.1) is 0 Å². The Labute approximate surface area is 245 Å². The molecule has 3 aromatic rings. The van der Waals surface area contributed by atoms with Crippen molar-refractivity contribution in [1.29, 1.82) is 0 Å². The lowest BCUT2D eigenvalue weighted by Crippen LogP contribution is -2.30. The monoisotopic (exact) mass is 630 g/mol. The first-order chi connectivity index (χ1) is 20.2. The summed E-state index contributed by atoms with van der Waals surface area (Å²) in [5.41, 5.74) is -0.793. The van der Waals surface area contributed by atoms with E-state index in [0.29, 0.717) is 23.8 Å². The van der Waals surface area contributed by atoms with Gasteiger partial charge in [0.05, 0.1) is 17.7 Å². The lowest BCUT2D eigenvalue weighted by atomic mass is 9.95. The minimum atomic E-state index is -5.22. The number of allylic oxidation sites excluding steroid dienone is 2. The third-order valence-electron chi connectivity index (χ3n) is 6.41. The Hall–Kier alpha value is -4.13. The molecule has 0 atom stereocenters. The number of anilines is 1. The van der Waals surface area contributed by atoms with Crippen molar-refractivity contribution in [2.75, 3.05) is 11.9 Å². The van der Waals surface area contributed by atoms with Gasteiger partial charge >= 0.3 is 24.2 Å². The first kappa shape index (κ1) is 31.8. The summed E-state index contributed by atoms with van der Waals surface area (Å²) in [5.74, 6) is -4.12. The second kappa shape index (κ2) is 12.6. The van der Waals surface area contributed by atoms with Gasteiger partial charge in [0.25, 0.3) is 0 Å². The van der Waals surface area contributed by atoms with E-state index in [1.807, 2.05) is 0 Å². The molecule has 1 amide bonds. The van der Waals surface area contributed by atoms with Crippen molar-refractivity contribution in [3.63, 3.8) is 0 Å². The number of carbonyl (C=O) groups excluding carboxylic acids is 2. The van der Waals surface area contributed by atoms with E-state index in [4.69, 9.17) is 21.1 Å². The summed E-state index contributed by atoms with van der Waals surface area (Å²) in [6, 6.07) is 8.12. The normalized spacial score (nSPS) is 13.7. The number of hydrogen-bond acceptors (Lipinski definition) is 5. The zero-order valence-electron chi connectivity index (χ0n) is 22.3. The molecule has 4 rings (SSSR count). The van der Waals surface area contributed by atoms with Crippen molar-refractivity contribution < 1.29 is 49.8 Å². The number of nitrogens with zero attached hydrogens (tertiary/aromatic N) is 1. The van der Waals surface area contributed by atoms with Crippen LogP contribution in [0.5, 0.6) is 5.88 Å². The third kappa shape index (κ3) is 7.64. The molecule has 1 aliphatic rings. The number of carbonyl (C=O) groups is 2. The highest BCUT2D eigenvalue weighted by atomic mass is 35.5. The standard InChI is InChI=1S/C29H22ClF7N2O4/c1-2-42-26(40)17-8-16(9-20(10-17)39-27(41)29(35,36)37)21-4-3-5-22(21)23-11-18(28(32,33)34)13-38-25(23)43-14-15-6-7-19(30)12-24(15)31/h6-13H,2-5,14H2,1H3,(H,39,41). The van der Waals surface area contributed by atoms with Crippen LogP contribution < -0.4 is 10.1 Å². The summed E-state index contributed by atoms with van der Waals surface area (Å²) >= 11 is 5.78. The van der Waals surface area contributed by atoms with Crippen LogP contribution in [0.3, 0.4) is 0 Å². The van der Waals surface area contributed by atoms with Crippen LogP contribution in [-0.2, 0) is 22.3 Å². The van der Waals surface area contributed by atoms with E-state index in [1.165, 1.54) is 31.2 Å². The molecule has 0 saturated heterocycles. The molecule has 1 N–H and O–H groups in total. The molecule has 1 aliphatic carbocycles. The van der Waals surface area contributed by atoms with Gasteiger partial charge in [0.1, 0.15) is 12.4 Å². The lowest BCUT2D eigenvalue weighted by Gasteiger charge is -2.17. The number of ether oxygens (including phenoxy) is 2. The molecule has 6 nitrogen and oxygen atoms in total. The van der Waals surface area contributed by atoms with Gasteiger partial charge in [0.2, 0.25) is 5.88 Å². The number of nitrogens with one attached hydrogen (secondary N) is 1. The third-order valence-corrected chi connectivity index (χ3v) is 6.64. The number of pyridine rings is 1. The van der Waals surface area contributed by atoms with Crippen LogP contribution in [0.4, 0.5) is 36.4 Å². The van der Waals surface area contributed by atoms with E-state index < -0.39 is 42.2 Å². The molecule has 0 unspecified atom stereocenters. The first-order valence-electron chi connectivity index (χ1n) is 12.7. The highest BCUT2D eigenvalue weighted by Crippen LogP contribution is 2.44. The molecule has 2 aromatic carbocycles. The Morgan fingerprint density at radius 1 is 1.00 bits per heavy atom. The summed E-state index contributed by atoms with van der Waals surface area (Å²) in [7, 11) is 0. The predicted molar refractivity (Wildman–Crippen MR) is 143 cm³/mol. The van der Waals surface area contributed by atoms with Gasteiger partial charge < -0.3 is 14.8 Å². The summed E-state index contributed by atoms with van der Waals surface area (Å²) < 4.78 is 105. The van der Waals surface area contributed by atoms with Crippen LogP contribution in [-0.4, -0.2) is 29.6 Å². The van der Waals surface area contributed by atoms with E-state index in [1.54, 1.807) is 5.32 Å². The van der Waals surface area contributed by atoms with Gasteiger partial charge in [-0.1, -0.05) is 17.7 Å². The molecule has 43 heavy (non-hydrogen) atoms. The largest absolute Gasteiger partial charge is 0.472 e. The smallest absolute Gasteiger partial charge is 0.471 e. The molecule has 1 heterocycles. The van der Waals surface area contributed by atoms with Crippen LogP contribution in [0.1, 0.15) is 58.8 Å². The molecule has 0 fully saturated rings. The molecule has 0 saturated carbocycles. The van der Waals surface area contributed by atoms with Crippen LogP contribution in [0.15, 0.2) is 48.7 Å². The number of halogens is 8. The number of rotatable bonds is 8. The Morgan fingerprint density at radius 3 is 2.37 bits per heavy atom. The molecule has 228 valence electrons. The molecule has 0 spiro atoms.